The highest BCUT2D eigenvalue weighted by Crippen LogP contribution is 2.00. The second-order valence-corrected chi connectivity index (χ2v) is 3.16. The Kier molecular flexibility index (Phi) is 4.93. The number of hydrogen-bond acceptors (Lipinski definition) is 4. The molecule has 1 rings (SSSR count). The van der Waals surface area contributed by atoms with Crippen LogP contribution in [0, 0.1) is 6.92 Å². The van der Waals surface area contributed by atoms with Gasteiger partial charge in [0.05, 0.1) is 13.2 Å². The molecular weight excluding hydrogens is 194 g/mol. The fraction of sp³-hybridized carbons (Fsp3) is 0.455. The van der Waals surface area contributed by atoms with E-state index in [4.69, 9.17) is 9.47 Å². The minimum Gasteiger partial charge on any atom is -0.382 e. The first-order chi connectivity index (χ1) is 7.24. The van der Waals surface area contributed by atoms with Crippen LogP contribution in [0.15, 0.2) is 18.3 Å². The molecule has 0 saturated carbocycles. The van der Waals surface area contributed by atoms with Crippen LogP contribution in [0.3, 0.4) is 0 Å². The molecule has 0 N–H and O–H groups in total. The average Bonchev–Trinajstić information content (AvgIpc) is 2.25. The first-order valence-electron chi connectivity index (χ1n) is 4.76. The Morgan fingerprint density at radius 1 is 1.40 bits per heavy atom. The van der Waals surface area contributed by atoms with Crippen molar-refractivity contribution >= 4 is 5.78 Å². The number of rotatable bonds is 6. The van der Waals surface area contributed by atoms with Gasteiger partial charge in [-0.1, -0.05) is 0 Å². The van der Waals surface area contributed by atoms with Gasteiger partial charge in [0.15, 0.2) is 5.78 Å². The predicted octanol–water partition coefficient (Wildman–Crippen LogP) is 1.24. The van der Waals surface area contributed by atoms with Crippen LogP contribution in [-0.2, 0) is 9.47 Å². The van der Waals surface area contributed by atoms with E-state index in [0.29, 0.717) is 18.8 Å². The molecule has 0 fully saturated rings. The molecule has 0 bridgehead atoms. The molecule has 4 heteroatoms. The Morgan fingerprint density at radius 2 is 2.20 bits per heavy atom. The van der Waals surface area contributed by atoms with E-state index in [1.165, 1.54) is 0 Å². The molecule has 0 unspecified atom stereocenters. The van der Waals surface area contributed by atoms with Gasteiger partial charge in [0.25, 0.3) is 0 Å². The van der Waals surface area contributed by atoms with E-state index < -0.39 is 0 Å². The normalized spacial score (nSPS) is 10.3. The molecule has 1 aromatic rings. The molecule has 0 spiro atoms. The van der Waals surface area contributed by atoms with Gasteiger partial charge in [0, 0.05) is 24.6 Å². The van der Waals surface area contributed by atoms with E-state index in [-0.39, 0.29) is 12.4 Å². The lowest BCUT2D eigenvalue weighted by molar-refractivity contribution is 0.0576. The molecule has 1 heterocycles. The summed E-state index contributed by atoms with van der Waals surface area (Å²) in [6, 6.07) is 3.56. The lowest BCUT2D eigenvalue weighted by Gasteiger charge is -2.02. The summed E-state index contributed by atoms with van der Waals surface area (Å²) in [7, 11) is 1.59. The number of pyridine rings is 1. The highest BCUT2D eigenvalue weighted by atomic mass is 16.5. The van der Waals surface area contributed by atoms with Crippen molar-refractivity contribution in [2.75, 3.05) is 26.9 Å². The van der Waals surface area contributed by atoms with Crippen molar-refractivity contribution in [1.29, 1.82) is 0 Å². The number of hydrogen-bond donors (Lipinski definition) is 0. The Bertz CT molecular complexity index is 308. The van der Waals surface area contributed by atoms with E-state index in [0.717, 1.165) is 5.69 Å². The summed E-state index contributed by atoms with van der Waals surface area (Å²) >= 11 is 0. The van der Waals surface area contributed by atoms with E-state index in [2.05, 4.69) is 4.98 Å². The first-order valence-corrected chi connectivity index (χ1v) is 4.76. The predicted molar refractivity (Wildman–Crippen MR) is 56.0 cm³/mol. The maximum Gasteiger partial charge on any atom is 0.190 e. The Hall–Kier alpha value is -1.26. The van der Waals surface area contributed by atoms with Crippen molar-refractivity contribution in [3.05, 3.63) is 29.6 Å². The van der Waals surface area contributed by atoms with E-state index >= 15 is 0 Å². The molecule has 0 amide bonds. The standard InChI is InChI=1S/C11H15NO3/c1-9-3-4-10(7-12-9)11(13)8-15-6-5-14-2/h3-4,7H,5-6,8H2,1-2H3. The number of nitrogens with zero attached hydrogens (tertiary/aromatic N) is 1. The van der Waals surface area contributed by atoms with E-state index in [9.17, 15) is 4.79 Å². The number of methoxy groups -OCH3 is 1. The van der Waals surface area contributed by atoms with Crippen LogP contribution in [0.4, 0.5) is 0 Å². The smallest absolute Gasteiger partial charge is 0.190 e. The SMILES string of the molecule is COCCOCC(=O)c1ccc(C)nc1. The summed E-state index contributed by atoms with van der Waals surface area (Å²) in [6.07, 6.45) is 1.57. The number of ketones is 1. The van der Waals surface area contributed by atoms with Crippen molar-refractivity contribution in [3.63, 3.8) is 0 Å². The molecule has 0 saturated heterocycles. The minimum atomic E-state index is -0.0568. The summed E-state index contributed by atoms with van der Waals surface area (Å²) in [5, 5.41) is 0. The number of carbonyl (C=O) groups excluding carboxylic acids is 1. The molecule has 82 valence electrons. The Balaban J connectivity index is 2.37. The third-order valence-corrected chi connectivity index (χ3v) is 1.90. The van der Waals surface area contributed by atoms with Gasteiger partial charge in [-0.3, -0.25) is 9.78 Å². The second-order valence-electron chi connectivity index (χ2n) is 3.16. The van der Waals surface area contributed by atoms with Gasteiger partial charge in [-0.25, -0.2) is 0 Å². The number of aromatic nitrogens is 1. The van der Waals surface area contributed by atoms with Gasteiger partial charge in [-0.15, -0.1) is 0 Å². The van der Waals surface area contributed by atoms with E-state index in [1.807, 2.05) is 13.0 Å². The monoisotopic (exact) mass is 209 g/mol. The second kappa shape index (κ2) is 6.27. The summed E-state index contributed by atoms with van der Waals surface area (Å²) in [5.74, 6) is -0.0568. The number of aryl methyl sites for hydroxylation is 1. The summed E-state index contributed by atoms with van der Waals surface area (Å²) in [6.45, 7) is 2.89. The van der Waals surface area contributed by atoms with E-state index in [1.54, 1.807) is 19.4 Å². The molecule has 4 nitrogen and oxygen atoms in total. The van der Waals surface area contributed by atoms with Crippen LogP contribution in [0.2, 0.25) is 0 Å². The maximum atomic E-state index is 11.5. The topological polar surface area (TPSA) is 48.4 Å². The molecule has 0 aromatic carbocycles. The van der Waals surface area contributed by atoms with Crippen LogP contribution in [0.25, 0.3) is 0 Å². The van der Waals surface area contributed by atoms with Gasteiger partial charge in [0.1, 0.15) is 6.61 Å². The van der Waals surface area contributed by atoms with Crippen molar-refractivity contribution in [2.24, 2.45) is 0 Å². The van der Waals surface area contributed by atoms with Crippen LogP contribution in [0.1, 0.15) is 16.1 Å². The van der Waals surface area contributed by atoms with Crippen molar-refractivity contribution in [3.8, 4) is 0 Å². The zero-order valence-corrected chi connectivity index (χ0v) is 9.03. The Morgan fingerprint density at radius 3 is 2.80 bits per heavy atom. The fourth-order valence-electron chi connectivity index (χ4n) is 1.02. The zero-order chi connectivity index (χ0) is 11.1. The molecule has 0 radical (unpaired) electrons. The third-order valence-electron chi connectivity index (χ3n) is 1.90. The molecule has 0 aliphatic rings. The lowest BCUT2D eigenvalue weighted by Crippen LogP contribution is -2.12. The van der Waals surface area contributed by atoms with Gasteiger partial charge < -0.3 is 9.47 Å². The number of Topliss-reactive ketones (excluding diaryl/α,β-unsaturated/α-hetero) is 1. The van der Waals surface area contributed by atoms with Crippen LogP contribution >= 0.6 is 0 Å². The van der Waals surface area contributed by atoms with Gasteiger partial charge in [-0.05, 0) is 19.1 Å². The molecular formula is C11H15NO3. The largest absolute Gasteiger partial charge is 0.382 e. The van der Waals surface area contributed by atoms with Gasteiger partial charge in [-0.2, -0.15) is 0 Å². The van der Waals surface area contributed by atoms with Gasteiger partial charge in [0.2, 0.25) is 0 Å². The summed E-state index contributed by atoms with van der Waals surface area (Å²) < 4.78 is 9.91. The van der Waals surface area contributed by atoms with Crippen molar-refractivity contribution in [2.45, 2.75) is 6.92 Å². The molecule has 1 aromatic heterocycles. The summed E-state index contributed by atoms with van der Waals surface area (Å²) in [5.41, 5.74) is 1.48. The molecule has 0 aliphatic heterocycles. The van der Waals surface area contributed by atoms with Crippen molar-refractivity contribution < 1.29 is 14.3 Å². The lowest BCUT2D eigenvalue weighted by atomic mass is 10.2. The van der Waals surface area contributed by atoms with Crippen LogP contribution in [0.5, 0.6) is 0 Å². The molecule has 0 aliphatic carbocycles. The highest BCUT2D eigenvalue weighted by Gasteiger charge is 2.05. The Labute approximate surface area is 89.2 Å². The number of carbonyl (C=O) groups is 1. The van der Waals surface area contributed by atoms with Crippen molar-refractivity contribution in [1.82, 2.24) is 4.98 Å². The quantitative estimate of drug-likeness (QED) is 0.522. The summed E-state index contributed by atoms with van der Waals surface area (Å²) in [4.78, 5) is 15.6. The number of ether oxygens (including phenoxy) is 2. The average molecular weight is 209 g/mol. The minimum absolute atomic E-state index is 0.0568. The molecule has 0 atom stereocenters. The van der Waals surface area contributed by atoms with Crippen LogP contribution < -0.4 is 0 Å². The van der Waals surface area contributed by atoms with Crippen LogP contribution in [-0.4, -0.2) is 37.7 Å². The maximum absolute atomic E-state index is 11.5. The highest BCUT2D eigenvalue weighted by molar-refractivity contribution is 5.96. The first kappa shape index (κ1) is 11.8. The molecule has 15 heavy (non-hydrogen) atoms. The third kappa shape index (κ3) is 4.18. The zero-order valence-electron chi connectivity index (χ0n) is 9.03. The van der Waals surface area contributed by atoms with Gasteiger partial charge >= 0.3 is 0 Å². The fourth-order valence-corrected chi connectivity index (χ4v) is 1.02.